The van der Waals surface area contributed by atoms with Crippen molar-refractivity contribution >= 4 is 11.7 Å². The fraction of sp³-hybridized carbons (Fsp3) is 0.333. The Hall–Kier alpha value is -2.03. The standard InChI is InChI=1S/C9H10F3N3O3/c10-9(11,12)18-8-4(3-13)1-5(14)6(15-8)2-7(16)17/h1H,2-3,13-14H2,(H,16,17). The van der Waals surface area contributed by atoms with Crippen LogP contribution in [0.2, 0.25) is 0 Å². The molecule has 6 nitrogen and oxygen atoms in total. The first kappa shape index (κ1) is 14.0. The fourth-order valence-electron chi connectivity index (χ4n) is 1.22. The summed E-state index contributed by atoms with van der Waals surface area (Å²) in [4.78, 5) is 13.9. The molecule has 18 heavy (non-hydrogen) atoms. The molecule has 0 atom stereocenters. The largest absolute Gasteiger partial charge is 0.574 e. The lowest BCUT2D eigenvalue weighted by Gasteiger charge is -2.13. The molecule has 0 radical (unpaired) electrons. The molecule has 0 aliphatic heterocycles. The van der Waals surface area contributed by atoms with Gasteiger partial charge in [0.15, 0.2) is 0 Å². The van der Waals surface area contributed by atoms with E-state index in [1.807, 2.05) is 0 Å². The van der Waals surface area contributed by atoms with E-state index in [0.717, 1.165) is 6.07 Å². The van der Waals surface area contributed by atoms with Crippen molar-refractivity contribution in [3.63, 3.8) is 0 Å². The topological polar surface area (TPSA) is 111 Å². The van der Waals surface area contributed by atoms with E-state index in [0.29, 0.717) is 0 Å². The van der Waals surface area contributed by atoms with Crippen molar-refractivity contribution in [2.75, 3.05) is 5.73 Å². The Bertz CT molecular complexity index is 462. The first-order valence-corrected chi connectivity index (χ1v) is 4.69. The Kier molecular flexibility index (Phi) is 3.96. The molecule has 0 aliphatic rings. The Morgan fingerprint density at radius 3 is 2.56 bits per heavy atom. The van der Waals surface area contributed by atoms with Crippen molar-refractivity contribution in [2.45, 2.75) is 19.3 Å². The van der Waals surface area contributed by atoms with E-state index in [-0.39, 0.29) is 23.5 Å². The number of nitrogens with two attached hydrogens (primary N) is 2. The smallest absolute Gasteiger partial charge is 0.481 e. The summed E-state index contributed by atoms with van der Waals surface area (Å²) in [5.41, 5.74) is 10.4. The van der Waals surface area contributed by atoms with Crippen LogP contribution in [0.25, 0.3) is 0 Å². The van der Waals surface area contributed by atoms with Crippen LogP contribution in [0.1, 0.15) is 11.3 Å². The molecule has 100 valence electrons. The molecule has 0 aromatic carbocycles. The van der Waals surface area contributed by atoms with E-state index < -0.39 is 24.6 Å². The number of hydrogen-bond donors (Lipinski definition) is 3. The van der Waals surface area contributed by atoms with Gasteiger partial charge in [-0.05, 0) is 6.07 Å². The number of pyridine rings is 1. The predicted molar refractivity (Wildman–Crippen MR) is 54.6 cm³/mol. The lowest BCUT2D eigenvalue weighted by atomic mass is 10.2. The van der Waals surface area contributed by atoms with E-state index in [2.05, 4.69) is 9.72 Å². The molecule has 0 fully saturated rings. The van der Waals surface area contributed by atoms with E-state index in [4.69, 9.17) is 16.6 Å². The molecular formula is C9H10F3N3O3. The zero-order chi connectivity index (χ0) is 13.9. The normalized spacial score (nSPS) is 11.3. The highest BCUT2D eigenvalue weighted by Crippen LogP contribution is 2.27. The Labute approximate surface area is 99.4 Å². The van der Waals surface area contributed by atoms with Crippen LogP contribution in [0.15, 0.2) is 6.07 Å². The molecule has 1 heterocycles. The monoisotopic (exact) mass is 265 g/mol. The number of carbonyl (C=O) groups is 1. The number of anilines is 1. The lowest BCUT2D eigenvalue weighted by Crippen LogP contribution is -2.21. The summed E-state index contributed by atoms with van der Waals surface area (Å²) in [7, 11) is 0. The van der Waals surface area contributed by atoms with Crippen LogP contribution in [-0.2, 0) is 17.8 Å². The number of ether oxygens (including phenoxy) is 1. The molecular weight excluding hydrogens is 255 g/mol. The van der Waals surface area contributed by atoms with E-state index in [1.165, 1.54) is 0 Å². The molecule has 0 aliphatic carbocycles. The third-order valence-electron chi connectivity index (χ3n) is 1.93. The number of carboxylic acid groups (broad SMARTS) is 1. The van der Waals surface area contributed by atoms with Gasteiger partial charge < -0.3 is 21.3 Å². The van der Waals surface area contributed by atoms with Gasteiger partial charge in [0, 0.05) is 12.1 Å². The van der Waals surface area contributed by atoms with Crippen LogP contribution < -0.4 is 16.2 Å². The first-order valence-electron chi connectivity index (χ1n) is 4.69. The van der Waals surface area contributed by atoms with E-state index in [9.17, 15) is 18.0 Å². The van der Waals surface area contributed by atoms with Gasteiger partial charge in [0.2, 0.25) is 5.88 Å². The zero-order valence-electron chi connectivity index (χ0n) is 8.99. The van der Waals surface area contributed by atoms with Crippen molar-refractivity contribution in [1.82, 2.24) is 4.98 Å². The summed E-state index contributed by atoms with van der Waals surface area (Å²) in [6.45, 7) is -0.268. The average Bonchev–Trinajstić information content (AvgIpc) is 2.19. The number of nitrogen functional groups attached to an aromatic ring is 1. The van der Waals surface area contributed by atoms with Gasteiger partial charge in [0.1, 0.15) is 0 Å². The maximum atomic E-state index is 12.1. The molecule has 1 rings (SSSR count). The summed E-state index contributed by atoms with van der Waals surface area (Å²) in [6.07, 6.45) is -5.54. The molecule has 5 N–H and O–H groups in total. The number of rotatable bonds is 4. The summed E-state index contributed by atoms with van der Waals surface area (Å²) < 4.78 is 40.0. The van der Waals surface area contributed by atoms with Crippen LogP contribution >= 0.6 is 0 Å². The van der Waals surface area contributed by atoms with Crippen LogP contribution in [0.4, 0.5) is 18.9 Å². The fourth-order valence-corrected chi connectivity index (χ4v) is 1.22. The number of hydrogen-bond acceptors (Lipinski definition) is 5. The Balaban J connectivity index is 3.17. The predicted octanol–water partition coefficient (Wildman–Crippen LogP) is 0.648. The van der Waals surface area contributed by atoms with Crippen LogP contribution in [-0.4, -0.2) is 22.4 Å². The number of carboxylic acids is 1. The van der Waals surface area contributed by atoms with Gasteiger partial charge in [-0.15, -0.1) is 13.2 Å². The van der Waals surface area contributed by atoms with Crippen LogP contribution in [0.3, 0.4) is 0 Å². The van der Waals surface area contributed by atoms with Gasteiger partial charge in [-0.25, -0.2) is 4.98 Å². The number of aromatic nitrogens is 1. The second-order valence-electron chi connectivity index (χ2n) is 3.31. The van der Waals surface area contributed by atoms with Gasteiger partial charge in [-0.2, -0.15) is 0 Å². The molecule has 0 saturated heterocycles. The van der Waals surface area contributed by atoms with Gasteiger partial charge in [0.05, 0.1) is 17.8 Å². The highest BCUT2D eigenvalue weighted by Gasteiger charge is 2.33. The summed E-state index contributed by atoms with van der Waals surface area (Å²) in [6, 6.07) is 1.12. The second kappa shape index (κ2) is 5.08. The number of alkyl halides is 3. The van der Waals surface area contributed by atoms with Gasteiger partial charge in [-0.3, -0.25) is 4.79 Å². The molecule has 0 bridgehead atoms. The molecule has 1 aromatic heterocycles. The maximum Gasteiger partial charge on any atom is 0.574 e. The number of aliphatic carboxylic acids is 1. The van der Waals surface area contributed by atoms with E-state index in [1.54, 1.807) is 0 Å². The zero-order valence-corrected chi connectivity index (χ0v) is 8.99. The molecule has 0 unspecified atom stereocenters. The Morgan fingerprint density at radius 1 is 1.50 bits per heavy atom. The lowest BCUT2D eigenvalue weighted by molar-refractivity contribution is -0.276. The third kappa shape index (κ3) is 3.77. The van der Waals surface area contributed by atoms with Crippen molar-refractivity contribution in [3.05, 3.63) is 17.3 Å². The molecule has 9 heteroatoms. The quantitative estimate of drug-likeness (QED) is 0.736. The van der Waals surface area contributed by atoms with Crippen LogP contribution in [0.5, 0.6) is 5.88 Å². The highest BCUT2D eigenvalue weighted by molar-refractivity contribution is 5.72. The molecule has 0 amide bonds. The van der Waals surface area contributed by atoms with Crippen LogP contribution in [0, 0.1) is 0 Å². The van der Waals surface area contributed by atoms with Crippen molar-refractivity contribution in [3.8, 4) is 5.88 Å². The third-order valence-corrected chi connectivity index (χ3v) is 1.93. The Morgan fingerprint density at radius 2 is 2.11 bits per heavy atom. The minimum Gasteiger partial charge on any atom is -0.481 e. The van der Waals surface area contributed by atoms with Gasteiger partial charge >= 0.3 is 12.3 Å². The summed E-state index contributed by atoms with van der Waals surface area (Å²) in [5, 5.41) is 8.56. The van der Waals surface area contributed by atoms with Gasteiger partial charge in [0.25, 0.3) is 0 Å². The highest BCUT2D eigenvalue weighted by atomic mass is 19.4. The van der Waals surface area contributed by atoms with Crippen molar-refractivity contribution in [1.29, 1.82) is 0 Å². The van der Waals surface area contributed by atoms with Gasteiger partial charge in [-0.1, -0.05) is 0 Å². The summed E-state index contributed by atoms with van der Waals surface area (Å²) in [5.74, 6) is -2.05. The first-order chi connectivity index (χ1) is 8.23. The van der Waals surface area contributed by atoms with Crippen molar-refractivity contribution < 1.29 is 27.8 Å². The van der Waals surface area contributed by atoms with Crippen molar-refractivity contribution in [2.24, 2.45) is 5.73 Å². The minimum absolute atomic E-state index is 0.0487. The minimum atomic E-state index is -4.94. The number of halogens is 3. The molecule has 0 saturated carbocycles. The SMILES string of the molecule is NCc1cc(N)c(CC(=O)O)nc1OC(F)(F)F. The van der Waals surface area contributed by atoms with E-state index >= 15 is 0 Å². The molecule has 0 spiro atoms. The second-order valence-corrected chi connectivity index (χ2v) is 3.31. The molecule has 1 aromatic rings. The number of nitrogens with zero attached hydrogens (tertiary/aromatic N) is 1. The average molecular weight is 265 g/mol. The maximum absolute atomic E-state index is 12.1. The summed E-state index contributed by atoms with van der Waals surface area (Å²) >= 11 is 0.